The number of fused-ring (bicyclic) bond motifs is 2. The maximum Gasteiger partial charge on any atom is 0.339 e. The molecule has 2 heterocycles. The van der Waals surface area contributed by atoms with Crippen molar-refractivity contribution in [3.63, 3.8) is 0 Å². The van der Waals surface area contributed by atoms with Gasteiger partial charge in [0.25, 0.3) is 0 Å². The second kappa shape index (κ2) is 9.42. The minimum Gasteiger partial charge on any atom is -0.481 e. The second-order valence-electron chi connectivity index (χ2n) is 10.3. The molecule has 188 valence electrons. The van der Waals surface area contributed by atoms with Crippen LogP contribution in [0, 0.1) is 0 Å². The zero-order valence-electron chi connectivity index (χ0n) is 21.7. The van der Waals surface area contributed by atoms with Crippen molar-refractivity contribution < 1.29 is 28.8 Å². The predicted octanol–water partition coefficient (Wildman–Crippen LogP) is 3.93. The number of aryl methyl sites for hydroxylation is 1. The summed E-state index contributed by atoms with van der Waals surface area (Å²) in [7, 11) is 5.90. The average Bonchev–Trinajstić information content (AvgIpc) is 3.22. The van der Waals surface area contributed by atoms with Gasteiger partial charge in [0.2, 0.25) is 0 Å². The van der Waals surface area contributed by atoms with Crippen LogP contribution in [0.3, 0.4) is 0 Å². The molecule has 8 heteroatoms. The fraction of sp³-hybridized carbons (Fsp3) is 0.321. The van der Waals surface area contributed by atoms with Gasteiger partial charge in [0.15, 0.2) is 5.71 Å². The molecule has 0 saturated carbocycles. The molecule has 1 aromatic carbocycles. The van der Waals surface area contributed by atoms with Crippen molar-refractivity contribution >= 4 is 42.2 Å². The third-order valence-electron chi connectivity index (χ3n) is 7.07. The Bertz CT molecular complexity index is 1380. The molecule has 0 spiro atoms. The van der Waals surface area contributed by atoms with Crippen LogP contribution in [0.1, 0.15) is 40.1 Å². The van der Waals surface area contributed by atoms with E-state index >= 15 is 0 Å². The van der Waals surface area contributed by atoms with Crippen LogP contribution in [0.25, 0.3) is 5.57 Å². The number of nitrogens with zero attached hydrogens (tertiary/aromatic N) is 2. The number of allylic oxidation sites excluding steroid dienone is 5. The van der Waals surface area contributed by atoms with Gasteiger partial charge >= 0.3 is 11.9 Å². The van der Waals surface area contributed by atoms with Gasteiger partial charge in [0.1, 0.15) is 33.5 Å². The first-order valence-corrected chi connectivity index (χ1v) is 15.0. The average molecular weight is 506 g/mol. The van der Waals surface area contributed by atoms with Gasteiger partial charge in [-0.15, -0.1) is 0 Å². The highest BCUT2D eigenvalue weighted by Gasteiger charge is 2.42. The number of hydrogen-bond donors (Lipinski definition) is 2. The number of furan rings is 1. The molecule has 0 atom stereocenters. The van der Waals surface area contributed by atoms with Crippen LogP contribution in [-0.2, 0) is 11.2 Å². The van der Waals surface area contributed by atoms with E-state index in [0.717, 1.165) is 28.1 Å². The lowest BCUT2D eigenvalue weighted by molar-refractivity contribution is -0.462. The lowest BCUT2D eigenvalue weighted by Crippen LogP contribution is -2.49. The molecule has 7 nitrogen and oxygen atoms in total. The van der Waals surface area contributed by atoms with Crippen molar-refractivity contribution in [1.29, 1.82) is 0 Å². The van der Waals surface area contributed by atoms with Crippen molar-refractivity contribution in [2.75, 3.05) is 33.1 Å². The van der Waals surface area contributed by atoms with Crippen LogP contribution >= 0.6 is 0 Å². The van der Waals surface area contributed by atoms with Crippen molar-refractivity contribution in [2.45, 2.75) is 32.4 Å². The van der Waals surface area contributed by atoms with Crippen LogP contribution in [-0.4, -0.2) is 68.7 Å². The molecule has 0 amide bonds. The van der Waals surface area contributed by atoms with Gasteiger partial charge in [0, 0.05) is 49.5 Å². The highest BCUT2D eigenvalue weighted by molar-refractivity contribution is 6.98. The summed E-state index contributed by atoms with van der Waals surface area (Å²) in [5, 5.41) is 21.7. The summed E-state index contributed by atoms with van der Waals surface area (Å²) in [5.41, 5.74) is 5.59. The smallest absolute Gasteiger partial charge is 0.339 e. The zero-order valence-corrected chi connectivity index (χ0v) is 22.7. The molecule has 0 unspecified atom stereocenters. The van der Waals surface area contributed by atoms with Crippen molar-refractivity contribution in [3.05, 3.63) is 75.9 Å². The lowest BCUT2D eigenvalue weighted by Gasteiger charge is -2.37. The summed E-state index contributed by atoms with van der Waals surface area (Å²) in [6, 6.07) is 6.36. The molecule has 0 saturated heterocycles. The van der Waals surface area contributed by atoms with Crippen LogP contribution in [0.2, 0.25) is 13.1 Å². The second-order valence-corrected chi connectivity index (χ2v) is 14.6. The number of carboxylic acids is 2. The normalized spacial score (nSPS) is 15.8. The summed E-state index contributed by atoms with van der Waals surface area (Å²) >= 11 is 0. The Kier molecular flexibility index (Phi) is 6.66. The van der Waals surface area contributed by atoms with E-state index in [1.165, 1.54) is 16.6 Å². The molecule has 1 aromatic heterocycles. The topological polar surface area (TPSA) is 94.0 Å². The van der Waals surface area contributed by atoms with E-state index in [-0.39, 0.29) is 12.0 Å². The number of aliphatic carboxylic acids is 1. The number of anilines is 1. The van der Waals surface area contributed by atoms with E-state index in [4.69, 9.17) is 9.52 Å². The van der Waals surface area contributed by atoms with E-state index in [2.05, 4.69) is 59.0 Å². The minimum atomic E-state index is -2.16. The monoisotopic (exact) mass is 505 g/mol. The molecule has 2 aliphatic rings. The Morgan fingerprint density at radius 3 is 2.44 bits per heavy atom. The molecule has 0 radical (unpaired) electrons. The fourth-order valence-electron chi connectivity index (χ4n) is 5.05. The van der Waals surface area contributed by atoms with Gasteiger partial charge in [-0.1, -0.05) is 19.2 Å². The Morgan fingerprint density at radius 1 is 1.11 bits per heavy atom. The van der Waals surface area contributed by atoms with Gasteiger partial charge in [-0.05, 0) is 52.6 Å². The van der Waals surface area contributed by atoms with Gasteiger partial charge in [-0.2, -0.15) is 0 Å². The van der Waals surface area contributed by atoms with Crippen LogP contribution in [0.4, 0.5) is 5.69 Å². The summed E-state index contributed by atoms with van der Waals surface area (Å²) in [5.74, 6) is -1.65. The van der Waals surface area contributed by atoms with Crippen molar-refractivity contribution in [1.82, 2.24) is 0 Å². The lowest BCUT2D eigenvalue weighted by atomic mass is 9.90. The van der Waals surface area contributed by atoms with E-state index in [0.29, 0.717) is 24.2 Å². The Labute approximate surface area is 212 Å². The number of carbonyl (C=O) groups is 2. The van der Waals surface area contributed by atoms with Crippen molar-refractivity contribution in [2.24, 2.45) is 0 Å². The largest absolute Gasteiger partial charge is 0.481 e. The third-order valence-corrected chi connectivity index (χ3v) is 10.6. The van der Waals surface area contributed by atoms with Crippen LogP contribution in [0.5, 0.6) is 0 Å². The molecule has 2 N–H and O–H groups in total. The number of benzene rings is 1. The van der Waals surface area contributed by atoms with Gasteiger partial charge in [0.05, 0.1) is 6.26 Å². The Morgan fingerprint density at radius 2 is 1.83 bits per heavy atom. The molecule has 2 aromatic rings. The van der Waals surface area contributed by atoms with Gasteiger partial charge in [-0.3, -0.25) is 4.79 Å². The highest BCUT2D eigenvalue weighted by atomic mass is 28.3. The zero-order chi connectivity index (χ0) is 26.4. The molecular formula is C28H33N2O5Si+. The summed E-state index contributed by atoms with van der Waals surface area (Å²) in [4.78, 5) is 25.6. The molecule has 1 aliphatic carbocycles. The SMILES string of the molecule is CN(C)c1ccc2c(c1)[Si](C)(C)C1=CC(=[N+](C)C)C=CC1=C2c1occ(CCCC(=O)O)c1C(=O)O. The predicted molar refractivity (Wildman–Crippen MR) is 144 cm³/mol. The third kappa shape index (κ3) is 4.37. The first kappa shape index (κ1) is 25.4. The Hall–Kier alpha value is -3.65. The fourth-order valence-corrected chi connectivity index (χ4v) is 8.12. The quantitative estimate of drug-likeness (QED) is 0.438. The maximum atomic E-state index is 12.5. The number of rotatable bonds is 7. The highest BCUT2D eigenvalue weighted by Crippen LogP contribution is 2.43. The standard InChI is InChI=1S/C28H32N2O5Si/c1-29(2)18-10-12-20-22(14-18)36(5,6)23-15-19(30(3)4)11-13-21(23)26(20)27-25(28(33)34)17(16-35-27)8-7-9-24(31)32/h10-16H,7-9H2,1-6H3,(H-,31,32,33,34)/p+1. The van der Waals surface area contributed by atoms with Crippen LogP contribution < -0.4 is 10.1 Å². The number of carboxylic acid groups (broad SMARTS) is 2. The molecule has 0 bridgehead atoms. The maximum absolute atomic E-state index is 12.5. The minimum absolute atomic E-state index is 0.0256. The summed E-state index contributed by atoms with van der Waals surface area (Å²) < 4.78 is 8.10. The molecular weight excluding hydrogens is 472 g/mol. The van der Waals surface area contributed by atoms with Gasteiger partial charge < -0.3 is 19.5 Å². The van der Waals surface area contributed by atoms with E-state index in [1.54, 1.807) is 0 Å². The summed E-state index contributed by atoms with van der Waals surface area (Å²) in [6.45, 7) is 4.66. The first-order chi connectivity index (χ1) is 16.9. The van der Waals surface area contributed by atoms with Crippen molar-refractivity contribution in [3.8, 4) is 0 Å². The van der Waals surface area contributed by atoms with Crippen LogP contribution in [0.15, 0.2) is 57.9 Å². The Balaban J connectivity index is 2.01. The van der Waals surface area contributed by atoms with E-state index in [9.17, 15) is 14.7 Å². The first-order valence-electron chi connectivity index (χ1n) is 12.0. The molecule has 1 aliphatic heterocycles. The van der Waals surface area contributed by atoms with Gasteiger partial charge in [-0.25, -0.2) is 9.37 Å². The van der Waals surface area contributed by atoms with E-state index in [1.807, 2.05) is 28.2 Å². The van der Waals surface area contributed by atoms with E-state index < -0.39 is 20.0 Å². The molecule has 4 rings (SSSR count). The number of aromatic carboxylic acids is 1. The summed E-state index contributed by atoms with van der Waals surface area (Å²) in [6.07, 6.45) is 8.48. The molecule has 0 fully saturated rings. The molecule has 36 heavy (non-hydrogen) atoms. The number of hydrogen-bond acceptors (Lipinski definition) is 4.